The van der Waals surface area contributed by atoms with E-state index in [-0.39, 0.29) is 6.10 Å². The first kappa shape index (κ1) is 16.3. The van der Waals surface area contributed by atoms with Crippen molar-refractivity contribution in [1.29, 1.82) is 0 Å². The van der Waals surface area contributed by atoms with Crippen LogP contribution in [-0.4, -0.2) is 30.8 Å². The first-order chi connectivity index (χ1) is 10.7. The van der Waals surface area contributed by atoms with E-state index < -0.39 is 18.1 Å². The van der Waals surface area contributed by atoms with Crippen LogP contribution in [0.3, 0.4) is 0 Å². The lowest BCUT2D eigenvalue weighted by molar-refractivity contribution is -0.174. The van der Waals surface area contributed by atoms with Gasteiger partial charge >= 0.3 is 12.1 Å². The molecule has 0 aliphatic carbocycles. The molecule has 1 aromatic carbocycles. The van der Waals surface area contributed by atoms with Crippen LogP contribution in [0.15, 0.2) is 30.3 Å². The van der Waals surface area contributed by atoms with E-state index in [1.165, 1.54) is 5.56 Å². The number of rotatable bonds is 8. The summed E-state index contributed by atoms with van der Waals surface area (Å²) in [5.74, 6) is -0.398. The lowest BCUT2D eigenvalue weighted by atomic mass is 10.1. The van der Waals surface area contributed by atoms with Gasteiger partial charge in [-0.1, -0.05) is 43.2 Å². The van der Waals surface area contributed by atoms with Gasteiger partial charge in [-0.15, -0.1) is 0 Å². The zero-order chi connectivity index (χ0) is 15.8. The van der Waals surface area contributed by atoms with Crippen LogP contribution >= 0.6 is 0 Å². The molecule has 1 N–H and O–H groups in total. The molecule has 22 heavy (non-hydrogen) atoms. The lowest BCUT2D eigenvalue weighted by Gasteiger charge is -2.32. The molecule has 0 aromatic heterocycles. The summed E-state index contributed by atoms with van der Waals surface area (Å²) >= 11 is 0. The van der Waals surface area contributed by atoms with Gasteiger partial charge < -0.3 is 14.8 Å². The average molecular weight is 305 g/mol. The van der Waals surface area contributed by atoms with Crippen molar-refractivity contribution in [3.63, 3.8) is 0 Å². The predicted molar refractivity (Wildman–Crippen MR) is 82.4 cm³/mol. The van der Waals surface area contributed by atoms with Gasteiger partial charge in [-0.2, -0.15) is 0 Å². The van der Waals surface area contributed by atoms with E-state index >= 15 is 0 Å². The van der Waals surface area contributed by atoms with Crippen LogP contribution in [0, 0.1) is 0 Å². The largest absolute Gasteiger partial charge is 0.458 e. The maximum Gasteiger partial charge on any atom is 0.407 e. The summed E-state index contributed by atoms with van der Waals surface area (Å²) in [6, 6.07) is 9.86. The van der Waals surface area contributed by atoms with Crippen LogP contribution in [0.25, 0.3) is 0 Å². The molecule has 1 saturated heterocycles. The Labute approximate surface area is 131 Å². The molecule has 5 nitrogen and oxygen atoms in total. The highest BCUT2D eigenvalue weighted by atomic mass is 16.6. The second-order valence-electron chi connectivity index (χ2n) is 5.55. The second kappa shape index (κ2) is 8.41. The molecule has 0 spiro atoms. The summed E-state index contributed by atoms with van der Waals surface area (Å²) < 4.78 is 9.80. The fourth-order valence-electron chi connectivity index (χ4n) is 2.38. The standard InChI is InChI=1S/C17H23NO4/c1-13-15(16(19)22-13)18-17(20)21-12-8-3-2-5-9-14-10-6-4-7-11-14/h4,6-7,10-11,13,15H,2-3,5,8-9,12H2,1H3,(H,18,20). The van der Waals surface area contributed by atoms with Crippen molar-refractivity contribution in [2.45, 2.75) is 51.2 Å². The summed E-state index contributed by atoms with van der Waals surface area (Å²) in [7, 11) is 0. The highest BCUT2D eigenvalue weighted by Crippen LogP contribution is 2.13. The van der Waals surface area contributed by atoms with Gasteiger partial charge in [-0.25, -0.2) is 9.59 Å². The minimum atomic E-state index is -0.557. The quantitative estimate of drug-likeness (QED) is 0.592. The van der Waals surface area contributed by atoms with Crippen molar-refractivity contribution >= 4 is 12.1 Å². The van der Waals surface area contributed by atoms with Gasteiger partial charge in [-0.3, -0.25) is 0 Å². The number of carbonyl (C=O) groups excluding carboxylic acids is 2. The molecule has 1 amide bonds. The Morgan fingerprint density at radius 3 is 2.59 bits per heavy atom. The Morgan fingerprint density at radius 2 is 1.91 bits per heavy atom. The summed E-state index contributed by atoms with van der Waals surface area (Å²) in [5.41, 5.74) is 1.36. The normalized spacial score (nSPS) is 20.0. The van der Waals surface area contributed by atoms with Crippen LogP contribution in [0.4, 0.5) is 4.79 Å². The van der Waals surface area contributed by atoms with Gasteiger partial charge in [0.05, 0.1) is 6.61 Å². The predicted octanol–water partition coefficient (Wildman–Crippen LogP) is 2.83. The van der Waals surface area contributed by atoms with Crippen molar-refractivity contribution in [3.8, 4) is 0 Å². The van der Waals surface area contributed by atoms with E-state index in [1.807, 2.05) is 6.07 Å². The Hall–Kier alpha value is -2.04. The monoisotopic (exact) mass is 305 g/mol. The molecule has 2 unspecified atom stereocenters. The number of aryl methyl sites for hydroxylation is 1. The van der Waals surface area contributed by atoms with Gasteiger partial charge in [0.25, 0.3) is 0 Å². The van der Waals surface area contributed by atoms with Crippen molar-refractivity contribution in [2.75, 3.05) is 6.61 Å². The van der Waals surface area contributed by atoms with Crippen molar-refractivity contribution in [1.82, 2.24) is 5.32 Å². The zero-order valence-corrected chi connectivity index (χ0v) is 12.9. The zero-order valence-electron chi connectivity index (χ0n) is 12.9. The highest BCUT2D eigenvalue weighted by Gasteiger charge is 2.40. The van der Waals surface area contributed by atoms with Crippen LogP contribution < -0.4 is 5.32 Å². The third kappa shape index (κ3) is 5.06. The van der Waals surface area contributed by atoms with Gasteiger partial charge in [0.15, 0.2) is 6.04 Å². The summed E-state index contributed by atoms with van der Waals surface area (Å²) in [5, 5.41) is 2.50. The Bertz CT molecular complexity index is 489. The minimum Gasteiger partial charge on any atom is -0.458 e. The Balaban J connectivity index is 1.45. The summed E-state index contributed by atoms with van der Waals surface area (Å²) in [6.45, 7) is 2.12. The fraction of sp³-hybridized carbons (Fsp3) is 0.529. The van der Waals surface area contributed by atoms with Gasteiger partial charge in [0.2, 0.25) is 0 Å². The minimum absolute atomic E-state index is 0.266. The molecule has 1 fully saturated rings. The number of esters is 1. The molecular formula is C17H23NO4. The topological polar surface area (TPSA) is 64.6 Å². The Morgan fingerprint density at radius 1 is 1.18 bits per heavy atom. The van der Waals surface area contributed by atoms with Gasteiger partial charge in [0.1, 0.15) is 6.10 Å². The van der Waals surface area contributed by atoms with Crippen LogP contribution in [0.2, 0.25) is 0 Å². The maximum atomic E-state index is 11.5. The van der Waals surface area contributed by atoms with Crippen molar-refractivity contribution in [3.05, 3.63) is 35.9 Å². The number of ether oxygens (including phenoxy) is 2. The molecule has 0 bridgehead atoms. The molecular weight excluding hydrogens is 282 g/mol. The number of unbranched alkanes of at least 4 members (excludes halogenated alkanes) is 3. The molecule has 2 rings (SSSR count). The molecule has 1 aliphatic heterocycles. The van der Waals surface area contributed by atoms with E-state index in [9.17, 15) is 9.59 Å². The number of benzene rings is 1. The summed E-state index contributed by atoms with van der Waals surface area (Å²) in [6.07, 6.45) is 4.41. The number of alkyl carbamates (subject to hydrolysis) is 1. The fourth-order valence-corrected chi connectivity index (χ4v) is 2.38. The van der Waals surface area contributed by atoms with Crippen LogP contribution in [0.1, 0.15) is 38.2 Å². The van der Waals surface area contributed by atoms with E-state index in [1.54, 1.807) is 6.92 Å². The summed E-state index contributed by atoms with van der Waals surface area (Å²) in [4.78, 5) is 22.5. The first-order valence-electron chi connectivity index (χ1n) is 7.84. The third-order valence-corrected chi connectivity index (χ3v) is 3.73. The number of cyclic esters (lactones) is 1. The number of hydrogen-bond acceptors (Lipinski definition) is 4. The molecule has 0 radical (unpaired) electrons. The van der Waals surface area contributed by atoms with Gasteiger partial charge in [-0.05, 0) is 31.7 Å². The molecule has 5 heteroatoms. The van der Waals surface area contributed by atoms with Crippen molar-refractivity contribution in [2.24, 2.45) is 0 Å². The van der Waals surface area contributed by atoms with Crippen molar-refractivity contribution < 1.29 is 19.1 Å². The van der Waals surface area contributed by atoms with E-state index in [0.717, 1.165) is 32.1 Å². The second-order valence-corrected chi connectivity index (χ2v) is 5.55. The highest BCUT2D eigenvalue weighted by molar-refractivity contribution is 5.86. The van der Waals surface area contributed by atoms with E-state index in [2.05, 4.69) is 29.6 Å². The molecule has 1 aromatic rings. The molecule has 120 valence electrons. The lowest BCUT2D eigenvalue weighted by Crippen LogP contribution is -2.58. The van der Waals surface area contributed by atoms with Crippen LogP contribution in [-0.2, 0) is 20.7 Å². The number of nitrogens with one attached hydrogen (secondary N) is 1. The smallest absolute Gasteiger partial charge is 0.407 e. The van der Waals surface area contributed by atoms with E-state index in [4.69, 9.17) is 9.47 Å². The molecule has 2 atom stereocenters. The third-order valence-electron chi connectivity index (χ3n) is 3.73. The molecule has 1 heterocycles. The Kier molecular flexibility index (Phi) is 6.25. The number of hydrogen-bond donors (Lipinski definition) is 1. The maximum absolute atomic E-state index is 11.5. The average Bonchev–Trinajstić information content (AvgIpc) is 2.53. The van der Waals surface area contributed by atoms with E-state index in [0.29, 0.717) is 6.61 Å². The molecule has 1 aliphatic rings. The number of carbonyl (C=O) groups is 2. The van der Waals surface area contributed by atoms with Gasteiger partial charge in [0, 0.05) is 0 Å². The van der Waals surface area contributed by atoms with Crippen LogP contribution in [0.5, 0.6) is 0 Å². The SMILES string of the molecule is CC1OC(=O)C1NC(=O)OCCCCCCc1ccccc1. The number of amides is 1. The first-order valence-corrected chi connectivity index (χ1v) is 7.84. The molecule has 0 saturated carbocycles.